The van der Waals surface area contributed by atoms with Crippen molar-refractivity contribution in [2.45, 2.75) is 46.1 Å². The first-order valence-electron chi connectivity index (χ1n) is 7.76. The van der Waals surface area contributed by atoms with Crippen LogP contribution in [0.2, 0.25) is 0 Å². The molecule has 0 fully saturated rings. The molecule has 1 heterocycles. The number of rotatable bonds is 5. The van der Waals surface area contributed by atoms with E-state index in [9.17, 15) is 0 Å². The zero-order valence-corrected chi connectivity index (χ0v) is 13.9. The van der Waals surface area contributed by atoms with Gasteiger partial charge in [-0.1, -0.05) is 45.9 Å². The van der Waals surface area contributed by atoms with Crippen molar-refractivity contribution in [2.24, 2.45) is 7.05 Å². The quantitative estimate of drug-likeness (QED) is 0.845. The minimum atomic E-state index is 0.0487. The molecule has 0 spiro atoms. The Morgan fingerprint density at radius 1 is 1.24 bits per heavy atom. The van der Waals surface area contributed by atoms with Gasteiger partial charge >= 0.3 is 0 Å². The number of aromatic nitrogens is 2. The summed E-state index contributed by atoms with van der Waals surface area (Å²) in [5.41, 5.74) is 5.02. The van der Waals surface area contributed by atoms with Gasteiger partial charge in [0.15, 0.2) is 0 Å². The summed E-state index contributed by atoms with van der Waals surface area (Å²) in [5.74, 6) is 0. The van der Waals surface area contributed by atoms with Gasteiger partial charge in [-0.2, -0.15) is 5.10 Å². The van der Waals surface area contributed by atoms with Crippen LogP contribution in [0.1, 0.15) is 45.4 Å². The van der Waals surface area contributed by atoms with E-state index in [1.807, 2.05) is 11.7 Å². The van der Waals surface area contributed by atoms with E-state index < -0.39 is 0 Å². The number of nitrogens with zero attached hydrogens (tertiary/aromatic N) is 2. The number of nitrogens with one attached hydrogen (secondary N) is 1. The first kappa shape index (κ1) is 15.8. The van der Waals surface area contributed by atoms with Crippen molar-refractivity contribution >= 4 is 0 Å². The number of hydrogen-bond donors (Lipinski definition) is 1. The van der Waals surface area contributed by atoms with Crippen molar-refractivity contribution < 1.29 is 0 Å². The molecule has 0 amide bonds. The predicted octanol–water partition coefficient (Wildman–Crippen LogP) is 3.88. The van der Waals surface area contributed by atoms with E-state index >= 15 is 0 Å². The summed E-state index contributed by atoms with van der Waals surface area (Å²) in [4.78, 5) is 0. The summed E-state index contributed by atoms with van der Waals surface area (Å²) in [7, 11) is 1.99. The highest BCUT2D eigenvalue weighted by atomic mass is 15.3. The average Bonchev–Trinajstić information content (AvgIpc) is 2.82. The number of hydrogen-bond acceptors (Lipinski definition) is 2. The van der Waals surface area contributed by atoms with Crippen LogP contribution >= 0.6 is 0 Å². The Bertz CT molecular complexity index is 591. The molecule has 2 aromatic rings. The van der Waals surface area contributed by atoms with E-state index in [2.05, 4.69) is 68.6 Å². The molecular weight excluding hydrogens is 258 g/mol. The molecule has 0 aliphatic rings. The van der Waals surface area contributed by atoms with Gasteiger partial charge in [-0.15, -0.1) is 0 Å². The standard InChI is InChI=1S/C18H27N3/c1-6-10-19-12-14-8-7-9-15(11-14)16-13-21(5)20-17(16)18(2,3)4/h7-9,11,13,19H,6,10,12H2,1-5H3. The summed E-state index contributed by atoms with van der Waals surface area (Å²) in [6, 6.07) is 8.77. The highest BCUT2D eigenvalue weighted by Gasteiger charge is 2.22. The Hall–Kier alpha value is -1.61. The SMILES string of the molecule is CCCNCc1cccc(-c2cn(C)nc2C(C)(C)C)c1. The van der Waals surface area contributed by atoms with Crippen molar-refractivity contribution in [2.75, 3.05) is 6.54 Å². The largest absolute Gasteiger partial charge is 0.313 e. The van der Waals surface area contributed by atoms with Crippen molar-refractivity contribution in [3.63, 3.8) is 0 Å². The minimum absolute atomic E-state index is 0.0487. The maximum atomic E-state index is 4.66. The van der Waals surface area contributed by atoms with E-state index in [0.29, 0.717) is 0 Å². The molecule has 0 radical (unpaired) electrons. The van der Waals surface area contributed by atoms with Crippen molar-refractivity contribution in [1.29, 1.82) is 0 Å². The summed E-state index contributed by atoms with van der Waals surface area (Å²) >= 11 is 0. The molecule has 1 N–H and O–H groups in total. The first-order chi connectivity index (χ1) is 9.91. The molecule has 0 saturated heterocycles. The van der Waals surface area contributed by atoms with Gasteiger partial charge in [-0.25, -0.2) is 0 Å². The third-order valence-corrected chi connectivity index (χ3v) is 3.53. The van der Waals surface area contributed by atoms with Gasteiger partial charge in [0.05, 0.1) is 5.69 Å². The molecule has 1 aromatic carbocycles. The van der Waals surface area contributed by atoms with Gasteiger partial charge in [0.1, 0.15) is 0 Å². The molecule has 21 heavy (non-hydrogen) atoms. The Balaban J connectivity index is 2.32. The molecule has 2 rings (SSSR count). The highest BCUT2D eigenvalue weighted by molar-refractivity contribution is 5.67. The molecule has 3 heteroatoms. The van der Waals surface area contributed by atoms with Crippen LogP contribution in [0.15, 0.2) is 30.5 Å². The third-order valence-electron chi connectivity index (χ3n) is 3.53. The van der Waals surface area contributed by atoms with Crippen molar-refractivity contribution in [3.8, 4) is 11.1 Å². The Morgan fingerprint density at radius 2 is 2.00 bits per heavy atom. The van der Waals surface area contributed by atoms with E-state index in [-0.39, 0.29) is 5.41 Å². The number of benzene rings is 1. The number of aryl methyl sites for hydroxylation is 1. The lowest BCUT2D eigenvalue weighted by atomic mass is 9.87. The molecule has 0 saturated carbocycles. The fourth-order valence-electron chi connectivity index (χ4n) is 2.51. The molecular formula is C18H27N3. The minimum Gasteiger partial charge on any atom is -0.313 e. The van der Waals surface area contributed by atoms with Crippen LogP contribution in [0, 0.1) is 0 Å². The fraction of sp³-hybridized carbons (Fsp3) is 0.500. The van der Waals surface area contributed by atoms with Crippen LogP contribution in [-0.2, 0) is 19.0 Å². The molecule has 1 aromatic heterocycles. The van der Waals surface area contributed by atoms with Crippen LogP contribution in [0.3, 0.4) is 0 Å². The van der Waals surface area contributed by atoms with Gasteiger partial charge in [-0.05, 0) is 30.2 Å². The lowest BCUT2D eigenvalue weighted by molar-refractivity contribution is 0.554. The summed E-state index contributed by atoms with van der Waals surface area (Å²) < 4.78 is 1.91. The zero-order chi connectivity index (χ0) is 15.5. The van der Waals surface area contributed by atoms with Crippen LogP contribution < -0.4 is 5.32 Å². The van der Waals surface area contributed by atoms with Gasteiger partial charge in [0.25, 0.3) is 0 Å². The lowest BCUT2D eigenvalue weighted by Crippen LogP contribution is -2.14. The van der Waals surface area contributed by atoms with Crippen LogP contribution in [0.25, 0.3) is 11.1 Å². The van der Waals surface area contributed by atoms with Crippen LogP contribution in [-0.4, -0.2) is 16.3 Å². The van der Waals surface area contributed by atoms with Crippen LogP contribution in [0.4, 0.5) is 0 Å². The van der Waals surface area contributed by atoms with Crippen LogP contribution in [0.5, 0.6) is 0 Å². The average molecular weight is 285 g/mol. The fourth-order valence-corrected chi connectivity index (χ4v) is 2.51. The molecule has 0 bridgehead atoms. The van der Waals surface area contributed by atoms with E-state index in [4.69, 9.17) is 0 Å². The van der Waals surface area contributed by atoms with E-state index in [1.54, 1.807) is 0 Å². The zero-order valence-electron chi connectivity index (χ0n) is 13.9. The first-order valence-corrected chi connectivity index (χ1v) is 7.76. The Morgan fingerprint density at radius 3 is 2.67 bits per heavy atom. The second-order valence-electron chi connectivity index (χ2n) is 6.69. The molecule has 0 aliphatic carbocycles. The monoisotopic (exact) mass is 285 g/mol. The Kier molecular flexibility index (Phi) is 4.84. The van der Waals surface area contributed by atoms with E-state index in [0.717, 1.165) is 25.2 Å². The van der Waals surface area contributed by atoms with Gasteiger partial charge in [0, 0.05) is 30.8 Å². The van der Waals surface area contributed by atoms with Gasteiger partial charge in [0.2, 0.25) is 0 Å². The molecule has 0 unspecified atom stereocenters. The van der Waals surface area contributed by atoms with E-state index in [1.165, 1.54) is 16.7 Å². The van der Waals surface area contributed by atoms with Gasteiger partial charge in [-0.3, -0.25) is 4.68 Å². The predicted molar refractivity (Wildman–Crippen MR) is 89.3 cm³/mol. The maximum absolute atomic E-state index is 4.66. The van der Waals surface area contributed by atoms with Crippen molar-refractivity contribution in [3.05, 3.63) is 41.7 Å². The second-order valence-corrected chi connectivity index (χ2v) is 6.69. The third kappa shape index (κ3) is 3.94. The maximum Gasteiger partial charge on any atom is 0.0756 e. The van der Waals surface area contributed by atoms with Gasteiger partial charge < -0.3 is 5.32 Å². The summed E-state index contributed by atoms with van der Waals surface area (Å²) in [5, 5.41) is 8.12. The summed E-state index contributed by atoms with van der Waals surface area (Å²) in [6.07, 6.45) is 3.29. The summed E-state index contributed by atoms with van der Waals surface area (Å²) in [6.45, 7) is 10.8. The smallest absolute Gasteiger partial charge is 0.0756 e. The second kappa shape index (κ2) is 6.44. The highest BCUT2D eigenvalue weighted by Crippen LogP contribution is 2.32. The molecule has 114 valence electrons. The topological polar surface area (TPSA) is 29.9 Å². The van der Waals surface area contributed by atoms with Crippen molar-refractivity contribution in [1.82, 2.24) is 15.1 Å². The Labute approximate surface area is 128 Å². The molecule has 0 atom stereocenters. The lowest BCUT2D eigenvalue weighted by Gasteiger charge is -2.17. The molecule has 3 nitrogen and oxygen atoms in total. The molecule has 0 aliphatic heterocycles. The normalized spacial score (nSPS) is 11.9.